The van der Waals surface area contributed by atoms with E-state index in [1.807, 2.05) is 0 Å². The summed E-state index contributed by atoms with van der Waals surface area (Å²) in [6.45, 7) is 2.49. The summed E-state index contributed by atoms with van der Waals surface area (Å²) in [4.78, 5) is 10.7. The number of carboxylic acids is 1. The highest BCUT2D eigenvalue weighted by Gasteiger charge is 2.67. The van der Waals surface area contributed by atoms with Crippen LogP contribution in [0.2, 0.25) is 0 Å². The number of hydrogen-bond donors (Lipinski definition) is 2. The molecule has 2 N–H and O–H groups in total. The van der Waals surface area contributed by atoms with E-state index in [1.54, 1.807) is 0 Å². The van der Waals surface area contributed by atoms with Crippen molar-refractivity contribution in [2.45, 2.75) is 38.2 Å². The van der Waals surface area contributed by atoms with E-state index in [0.717, 1.165) is 0 Å². The van der Waals surface area contributed by atoms with Crippen LogP contribution in [0.3, 0.4) is 0 Å². The topological polar surface area (TPSA) is 57.5 Å². The monoisotopic (exact) mass is 194 g/mol. The van der Waals surface area contributed by atoms with Gasteiger partial charge in [-0.15, -0.1) is 0 Å². The minimum absolute atomic E-state index is 0.779. The summed E-state index contributed by atoms with van der Waals surface area (Å²) in [5.41, 5.74) is -3.29. The third kappa shape index (κ3) is 1.41. The van der Waals surface area contributed by atoms with Crippen LogP contribution in [0.25, 0.3) is 0 Å². The largest absolute Gasteiger partial charge is 0.481 e. The van der Waals surface area contributed by atoms with E-state index in [9.17, 15) is 18.7 Å². The van der Waals surface area contributed by atoms with Gasteiger partial charge in [0.15, 0.2) is 0 Å². The average molecular weight is 194 g/mol. The molecule has 3 nitrogen and oxygen atoms in total. The summed E-state index contributed by atoms with van der Waals surface area (Å²) in [5.74, 6) is -4.30. The predicted molar refractivity (Wildman–Crippen MR) is 40.5 cm³/mol. The summed E-state index contributed by atoms with van der Waals surface area (Å²) in [5, 5.41) is 18.2. The van der Waals surface area contributed by atoms with Crippen molar-refractivity contribution in [3.05, 3.63) is 0 Å². The molecule has 76 valence electrons. The molecular weight excluding hydrogens is 182 g/mol. The standard InChI is InChI=1S/C8H12F2O3/c1-6(2,13)7(5(11)12)3-8(9,10)4-7/h13H,3-4H2,1-2H3,(H,11,12). The Morgan fingerprint density at radius 3 is 1.85 bits per heavy atom. The van der Waals surface area contributed by atoms with Gasteiger partial charge in [-0.2, -0.15) is 0 Å². The first-order valence-corrected chi connectivity index (χ1v) is 3.94. The molecule has 0 spiro atoms. The average Bonchev–Trinajstić information content (AvgIpc) is 1.78. The zero-order chi connectivity index (χ0) is 10.5. The summed E-state index contributed by atoms with van der Waals surface area (Å²) < 4.78 is 25.1. The lowest BCUT2D eigenvalue weighted by Crippen LogP contribution is -2.61. The Hall–Kier alpha value is -0.710. The van der Waals surface area contributed by atoms with Crippen LogP contribution >= 0.6 is 0 Å². The second-order valence-electron chi connectivity index (χ2n) is 4.16. The van der Waals surface area contributed by atoms with E-state index in [0.29, 0.717) is 0 Å². The normalized spacial score (nSPS) is 25.0. The lowest BCUT2D eigenvalue weighted by Gasteiger charge is -2.50. The lowest BCUT2D eigenvalue weighted by molar-refractivity contribution is -0.236. The van der Waals surface area contributed by atoms with Gasteiger partial charge in [-0.05, 0) is 13.8 Å². The van der Waals surface area contributed by atoms with Crippen molar-refractivity contribution in [3.63, 3.8) is 0 Å². The van der Waals surface area contributed by atoms with Crippen LogP contribution in [0.1, 0.15) is 26.7 Å². The maximum absolute atomic E-state index is 12.5. The smallest absolute Gasteiger partial charge is 0.313 e. The van der Waals surface area contributed by atoms with Crippen molar-refractivity contribution in [2.24, 2.45) is 5.41 Å². The molecule has 1 aliphatic rings. The molecule has 0 aliphatic heterocycles. The Labute approximate surface area is 74.4 Å². The molecule has 0 bridgehead atoms. The van der Waals surface area contributed by atoms with Gasteiger partial charge in [-0.25, -0.2) is 8.78 Å². The molecule has 1 saturated carbocycles. The Balaban J connectivity index is 2.91. The van der Waals surface area contributed by atoms with Crippen LogP contribution in [0, 0.1) is 5.41 Å². The predicted octanol–water partition coefficient (Wildman–Crippen LogP) is 1.26. The van der Waals surface area contributed by atoms with Gasteiger partial charge in [0.1, 0.15) is 5.41 Å². The maximum atomic E-state index is 12.5. The van der Waals surface area contributed by atoms with Gasteiger partial charge in [-0.1, -0.05) is 0 Å². The number of hydrogen-bond acceptors (Lipinski definition) is 2. The molecule has 1 aliphatic carbocycles. The second-order valence-corrected chi connectivity index (χ2v) is 4.16. The Bertz CT molecular complexity index is 234. The van der Waals surface area contributed by atoms with Crippen molar-refractivity contribution in [1.29, 1.82) is 0 Å². The Morgan fingerprint density at radius 1 is 1.38 bits per heavy atom. The van der Waals surface area contributed by atoms with E-state index in [-0.39, 0.29) is 0 Å². The van der Waals surface area contributed by atoms with Crippen LogP contribution in [-0.4, -0.2) is 27.7 Å². The molecule has 0 amide bonds. The second kappa shape index (κ2) is 2.41. The van der Waals surface area contributed by atoms with Crippen molar-refractivity contribution in [3.8, 4) is 0 Å². The van der Waals surface area contributed by atoms with Crippen LogP contribution < -0.4 is 0 Å². The van der Waals surface area contributed by atoms with Crippen LogP contribution in [0.5, 0.6) is 0 Å². The SMILES string of the molecule is CC(C)(O)C1(C(=O)O)CC(F)(F)C1. The molecule has 0 atom stereocenters. The molecule has 0 aromatic rings. The van der Waals surface area contributed by atoms with Crippen LogP contribution in [-0.2, 0) is 4.79 Å². The first-order chi connectivity index (χ1) is 5.61. The quantitative estimate of drug-likeness (QED) is 0.695. The van der Waals surface area contributed by atoms with E-state index < -0.39 is 35.7 Å². The van der Waals surface area contributed by atoms with Gasteiger partial charge in [0.25, 0.3) is 5.92 Å². The molecule has 1 fully saturated rings. The summed E-state index contributed by atoms with van der Waals surface area (Å²) in [6.07, 6.45) is -1.56. The Morgan fingerprint density at radius 2 is 1.77 bits per heavy atom. The van der Waals surface area contributed by atoms with Gasteiger partial charge in [0.05, 0.1) is 5.60 Å². The third-order valence-electron chi connectivity index (χ3n) is 2.70. The van der Waals surface area contributed by atoms with Gasteiger partial charge < -0.3 is 10.2 Å². The number of alkyl halides is 2. The molecule has 1 rings (SSSR count). The summed E-state index contributed by atoms with van der Waals surface area (Å²) in [7, 11) is 0. The molecular formula is C8H12F2O3. The zero-order valence-corrected chi connectivity index (χ0v) is 7.47. The highest BCUT2D eigenvalue weighted by molar-refractivity contribution is 5.78. The fraction of sp³-hybridized carbons (Fsp3) is 0.875. The van der Waals surface area contributed by atoms with Gasteiger partial charge in [0.2, 0.25) is 0 Å². The highest BCUT2D eigenvalue weighted by Crippen LogP contribution is 2.57. The fourth-order valence-electron chi connectivity index (χ4n) is 1.68. The van der Waals surface area contributed by atoms with Gasteiger partial charge >= 0.3 is 5.97 Å². The molecule has 0 heterocycles. The van der Waals surface area contributed by atoms with E-state index in [2.05, 4.69) is 0 Å². The minimum atomic E-state index is -2.95. The molecule has 0 aromatic heterocycles. The molecule has 0 aromatic carbocycles. The van der Waals surface area contributed by atoms with E-state index in [1.165, 1.54) is 13.8 Å². The van der Waals surface area contributed by atoms with Gasteiger partial charge in [-0.3, -0.25) is 4.79 Å². The molecule has 5 heteroatoms. The maximum Gasteiger partial charge on any atom is 0.313 e. The number of halogens is 2. The number of aliphatic carboxylic acids is 1. The number of rotatable bonds is 2. The van der Waals surface area contributed by atoms with Crippen molar-refractivity contribution >= 4 is 5.97 Å². The van der Waals surface area contributed by atoms with E-state index >= 15 is 0 Å². The van der Waals surface area contributed by atoms with Gasteiger partial charge in [0, 0.05) is 12.8 Å². The van der Waals surface area contributed by atoms with Crippen LogP contribution in [0.4, 0.5) is 8.78 Å². The number of carboxylic acid groups (broad SMARTS) is 1. The van der Waals surface area contributed by atoms with Crippen LogP contribution in [0.15, 0.2) is 0 Å². The lowest BCUT2D eigenvalue weighted by atomic mass is 9.57. The first kappa shape index (κ1) is 10.4. The first-order valence-electron chi connectivity index (χ1n) is 3.94. The fourth-order valence-corrected chi connectivity index (χ4v) is 1.68. The van der Waals surface area contributed by atoms with Crippen molar-refractivity contribution < 1.29 is 23.8 Å². The number of carbonyl (C=O) groups is 1. The summed E-state index contributed by atoms with van der Waals surface area (Å²) >= 11 is 0. The zero-order valence-electron chi connectivity index (χ0n) is 7.47. The minimum Gasteiger partial charge on any atom is -0.481 e. The summed E-state index contributed by atoms with van der Waals surface area (Å²) in [6, 6.07) is 0. The molecule has 0 radical (unpaired) electrons. The third-order valence-corrected chi connectivity index (χ3v) is 2.70. The molecule has 13 heavy (non-hydrogen) atoms. The van der Waals surface area contributed by atoms with E-state index in [4.69, 9.17) is 5.11 Å². The van der Waals surface area contributed by atoms with Crippen molar-refractivity contribution in [1.82, 2.24) is 0 Å². The Kier molecular flexibility index (Phi) is 1.92. The highest BCUT2D eigenvalue weighted by atomic mass is 19.3. The number of aliphatic hydroxyl groups is 1. The molecule has 0 unspecified atom stereocenters. The molecule has 0 saturated heterocycles. The van der Waals surface area contributed by atoms with Crippen molar-refractivity contribution in [2.75, 3.05) is 0 Å².